The van der Waals surface area contributed by atoms with Gasteiger partial charge in [-0.3, -0.25) is 4.79 Å². The van der Waals surface area contributed by atoms with Crippen molar-refractivity contribution in [2.24, 2.45) is 0 Å². The molecule has 0 saturated carbocycles. The SMILES string of the molecule is CCOC(=O)C(C)NC(=O)C1CCC(C(=O)O)O1. The summed E-state index contributed by atoms with van der Waals surface area (Å²) in [4.78, 5) is 33.6. The first-order valence-corrected chi connectivity index (χ1v) is 5.81. The van der Waals surface area contributed by atoms with E-state index in [2.05, 4.69) is 5.32 Å². The molecule has 0 radical (unpaired) electrons. The van der Waals surface area contributed by atoms with E-state index < -0.39 is 36.1 Å². The molecule has 1 rings (SSSR count). The highest BCUT2D eigenvalue weighted by molar-refractivity contribution is 5.87. The zero-order chi connectivity index (χ0) is 13.7. The first-order chi connectivity index (χ1) is 8.45. The Morgan fingerprint density at radius 2 is 2.00 bits per heavy atom. The second-order valence-corrected chi connectivity index (χ2v) is 4.01. The molecule has 3 unspecified atom stereocenters. The van der Waals surface area contributed by atoms with E-state index in [1.807, 2.05) is 0 Å². The molecule has 1 aliphatic heterocycles. The molecule has 1 aliphatic rings. The van der Waals surface area contributed by atoms with Crippen LogP contribution in [0.25, 0.3) is 0 Å². The van der Waals surface area contributed by atoms with Gasteiger partial charge in [0.25, 0.3) is 0 Å². The molecule has 1 saturated heterocycles. The number of rotatable bonds is 5. The summed E-state index contributed by atoms with van der Waals surface area (Å²) in [5, 5.41) is 11.2. The molecular formula is C11H17NO6. The van der Waals surface area contributed by atoms with Gasteiger partial charge in [-0.05, 0) is 26.7 Å². The van der Waals surface area contributed by atoms with Crippen LogP contribution in [0.15, 0.2) is 0 Å². The van der Waals surface area contributed by atoms with E-state index in [9.17, 15) is 14.4 Å². The van der Waals surface area contributed by atoms with Gasteiger partial charge in [-0.25, -0.2) is 9.59 Å². The third-order valence-corrected chi connectivity index (χ3v) is 2.59. The Morgan fingerprint density at radius 3 is 2.50 bits per heavy atom. The second-order valence-electron chi connectivity index (χ2n) is 4.01. The quantitative estimate of drug-likeness (QED) is 0.656. The van der Waals surface area contributed by atoms with Crippen molar-refractivity contribution >= 4 is 17.8 Å². The average Bonchev–Trinajstić information content (AvgIpc) is 2.78. The van der Waals surface area contributed by atoms with Crippen molar-refractivity contribution in [3.05, 3.63) is 0 Å². The lowest BCUT2D eigenvalue weighted by Gasteiger charge is -2.16. The minimum absolute atomic E-state index is 0.236. The van der Waals surface area contributed by atoms with Gasteiger partial charge in [0.2, 0.25) is 5.91 Å². The Bertz CT molecular complexity index is 342. The maximum Gasteiger partial charge on any atom is 0.332 e. The van der Waals surface area contributed by atoms with Gasteiger partial charge in [0.05, 0.1) is 6.61 Å². The summed E-state index contributed by atoms with van der Waals surface area (Å²) >= 11 is 0. The van der Waals surface area contributed by atoms with E-state index in [0.717, 1.165) is 0 Å². The molecule has 0 aliphatic carbocycles. The number of carbonyl (C=O) groups excluding carboxylic acids is 2. The molecule has 1 fully saturated rings. The van der Waals surface area contributed by atoms with Gasteiger partial charge in [-0.15, -0.1) is 0 Å². The molecule has 0 aromatic carbocycles. The van der Waals surface area contributed by atoms with Crippen molar-refractivity contribution < 1.29 is 29.0 Å². The normalized spacial score (nSPS) is 24.3. The lowest BCUT2D eigenvalue weighted by Crippen LogP contribution is -2.44. The summed E-state index contributed by atoms with van der Waals surface area (Å²) in [6.45, 7) is 3.41. The fourth-order valence-corrected chi connectivity index (χ4v) is 1.64. The van der Waals surface area contributed by atoms with E-state index in [0.29, 0.717) is 12.8 Å². The number of aliphatic carboxylic acids is 1. The number of amides is 1. The molecule has 3 atom stereocenters. The van der Waals surface area contributed by atoms with Gasteiger partial charge in [0.15, 0.2) is 6.10 Å². The van der Waals surface area contributed by atoms with Crippen LogP contribution in [-0.2, 0) is 23.9 Å². The molecule has 0 spiro atoms. The van der Waals surface area contributed by atoms with Gasteiger partial charge in [-0.1, -0.05) is 0 Å². The molecule has 1 heterocycles. The smallest absolute Gasteiger partial charge is 0.332 e. The van der Waals surface area contributed by atoms with Crippen molar-refractivity contribution in [1.82, 2.24) is 5.32 Å². The van der Waals surface area contributed by atoms with Crippen LogP contribution >= 0.6 is 0 Å². The highest BCUT2D eigenvalue weighted by Crippen LogP contribution is 2.20. The van der Waals surface area contributed by atoms with E-state index in [-0.39, 0.29) is 6.61 Å². The van der Waals surface area contributed by atoms with Gasteiger partial charge in [-0.2, -0.15) is 0 Å². The number of ether oxygens (including phenoxy) is 2. The van der Waals surface area contributed by atoms with Gasteiger partial charge >= 0.3 is 11.9 Å². The van der Waals surface area contributed by atoms with Crippen LogP contribution in [0.4, 0.5) is 0 Å². The Kier molecular flexibility index (Phi) is 5.08. The largest absolute Gasteiger partial charge is 0.479 e. The predicted octanol–water partition coefficient (Wildman–Crippen LogP) is -0.314. The number of carboxylic acid groups (broad SMARTS) is 1. The van der Waals surface area contributed by atoms with Crippen molar-refractivity contribution in [3.8, 4) is 0 Å². The van der Waals surface area contributed by atoms with Crippen LogP contribution in [0, 0.1) is 0 Å². The summed E-state index contributed by atoms with van der Waals surface area (Å²) in [5.74, 6) is -2.10. The predicted molar refractivity (Wildman–Crippen MR) is 59.8 cm³/mol. The van der Waals surface area contributed by atoms with E-state index in [1.165, 1.54) is 6.92 Å². The minimum Gasteiger partial charge on any atom is -0.479 e. The van der Waals surface area contributed by atoms with Gasteiger partial charge in [0, 0.05) is 0 Å². The Balaban J connectivity index is 2.42. The number of carboxylic acids is 1. The molecule has 7 heteroatoms. The van der Waals surface area contributed by atoms with Crippen LogP contribution in [0.3, 0.4) is 0 Å². The Hall–Kier alpha value is -1.63. The molecule has 0 aromatic heterocycles. The fourth-order valence-electron chi connectivity index (χ4n) is 1.64. The molecule has 0 bridgehead atoms. The van der Waals surface area contributed by atoms with Crippen LogP contribution in [-0.4, -0.2) is 47.8 Å². The molecule has 0 aromatic rings. The molecule has 102 valence electrons. The third kappa shape index (κ3) is 3.69. The maximum atomic E-state index is 11.7. The van der Waals surface area contributed by atoms with E-state index in [1.54, 1.807) is 6.92 Å². The van der Waals surface area contributed by atoms with E-state index >= 15 is 0 Å². The van der Waals surface area contributed by atoms with Gasteiger partial charge in [0.1, 0.15) is 12.1 Å². The number of nitrogens with one attached hydrogen (secondary N) is 1. The van der Waals surface area contributed by atoms with Crippen LogP contribution in [0.1, 0.15) is 26.7 Å². The summed E-state index contributed by atoms with van der Waals surface area (Å²) in [7, 11) is 0. The fraction of sp³-hybridized carbons (Fsp3) is 0.727. The number of carbonyl (C=O) groups is 3. The van der Waals surface area contributed by atoms with Crippen molar-refractivity contribution in [2.75, 3.05) is 6.61 Å². The van der Waals surface area contributed by atoms with Crippen LogP contribution in [0.2, 0.25) is 0 Å². The lowest BCUT2D eigenvalue weighted by molar-refractivity contribution is -0.154. The van der Waals surface area contributed by atoms with Crippen molar-refractivity contribution in [2.45, 2.75) is 44.9 Å². The summed E-state index contributed by atoms with van der Waals surface area (Å²) in [5.41, 5.74) is 0. The lowest BCUT2D eigenvalue weighted by atomic mass is 10.2. The third-order valence-electron chi connectivity index (χ3n) is 2.59. The molecule has 7 nitrogen and oxygen atoms in total. The first kappa shape index (κ1) is 14.4. The Labute approximate surface area is 104 Å². The minimum atomic E-state index is -1.08. The summed E-state index contributed by atoms with van der Waals surface area (Å²) in [6.07, 6.45) is -1.14. The summed E-state index contributed by atoms with van der Waals surface area (Å²) in [6, 6.07) is -0.773. The topological polar surface area (TPSA) is 102 Å². The molecule has 1 amide bonds. The zero-order valence-corrected chi connectivity index (χ0v) is 10.3. The molecule has 2 N–H and O–H groups in total. The second kappa shape index (κ2) is 6.34. The van der Waals surface area contributed by atoms with Crippen LogP contribution in [0.5, 0.6) is 0 Å². The van der Waals surface area contributed by atoms with Gasteiger partial charge < -0.3 is 19.9 Å². The van der Waals surface area contributed by atoms with Crippen molar-refractivity contribution in [3.63, 3.8) is 0 Å². The number of esters is 1. The zero-order valence-electron chi connectivity index (χ0n) is 10.3. The molecule has 18 heavy (non-hydrogen) atoms. The maximum absolute atomic E-state index is 11.7. The molecular weight excluding hydrogens is 242 g/mol. The number of hydrogen-bond acceptors (Lipinski definition) is 5. The summed E-state index contributed by atoms with van der Waals surface area (Å²) < 4.78 is 9.80. The highest BCUT2D eigenvalue weighted by atomic mass is 16.5. The first-order valence-electron chi connectivity index (χ1n) is 5.81. The van der Waals surface area contributed by atoms with Crippen molar-refractivity contribution in [1.29, 1.82) is 0 Å². The highest BCUT2D eigenvalue weighted by Gasteiger charge is 2.35. The standard InChI is InChI=1S/C11H17NO6/c1-3-17-11(16)6(2)12-9(13)7-4-5-8(18-7)10(14)15/h6-8H,3-5H2,1-2H3,(H,12,13)(H,14,15). The Morgan fingerprint density at radius 1 is 1.39 bits per heavy atom. The van der Waals surface area contributed by atoms with E-state index in [4.69, 9.17) is 14.6 Å². The monoisotopic (exact) mass is 259 g/mol. The number of hydrogen-bond donors (Lipinski definition) is 2. The van der Waals surface area contributed by atoms with Crippen LogP contribution < -0.4 is 5.32 Å². The average molecular weight is 259 g/mol.